The summed E-state index contributed by atoms with van der Waals surface area (Å²) < 4.78 is 13.9. The number of piperidine rings is 1. The Kier molecular flexibility index (Phi) is 6.21. The van der Waals surface area contributed by atoms with Crippen molar-refractivity contribution >= 4 is 17.5 Å². The van der Waals surface area contributed by atoms with Crippen molar-refractivity contribution < 1.29 is 9.18 Å². The van der Waals surface area contributed by atoms with Gasteiger partial charge in [0.05, 0.1) is 6.04 Å². The van der Waals surface area contributed by atoms with E-state index in [0.717, 1.165) is 25.9 Å². The molecule has 0 aromatic heterocycles. The maximum atomic E-state index is 13.9. The first-order chi connectivity index (χ1) is 10.5. The first kappa shape index (κ1) is 17.2. The predicted octanol–water partition coefficient (Wildman–Crippen LogP) is 3.68. The third-order valence-corrected chi connectivity index (χ3v) is 4.79. The van der Waals surface area contributed by atoms with Gasteiger partial charge in [0, 0.05) is 17.0 Å². The molecule has 1 saturated heterocycles. The molecule has 0 aliphatic carbocycles. The van der Waals surface area contributed by atoms with Gasteiger partial charge in [-0.05, 0) is 56.8 Å². The highest BCUT2D eigenvalue weighted by atomic mass is 35.5. The van der Waals surface area contributed by atoms with E-state index in [1.807, 2.05) is 0 Å². The Hall–Kier alpha value is -1.13. The highest BCUT2D eigenvalue weighted by Crippen LogP contribution is 2.26. The fourth-order valence-electron chi connectivity index (χ4n) is 3.12. The molecule has 1 aromatic rings. The maximum absolute atomic E-state index is 13.9. The molecule has 3 nitrogen and oxygen atoms in total. The molecule has 1 heterocycles. The normalized spacial score (nSPS) is 21.2. The lowest BCUT2D eigenvalue weighted by Gasteiger charge is -2.28. The van der Waals surface area contributed by atoms with Crippen LogP contribution in [-0.2, 0) is 4.79 Å². The molecule has 0 radical (unpaired) electrons. The number of hydrogen-bond donors (Lipinski definition) is 2. The lowest BCUT2D eigenvalue weighted by molar-refractivity contribution is -0.123. The third kappa shape index (κ3) is 4.43. The summed E-state index contributed by atoms with van der Waals surface area (Å²) in [5.74, 6) is 0.415. The maximum Gasteiger partial charge on any atom is 0.220 e. The van der Waals surface area contributed by atoms with Crippen molar-refractivity contribution in [2.24, 2.45) is 11.8 Å². The summed E-state index contributed by atoms with van der Waals surface area (Å²) in [5.41, 5.74) is 0.351. The zero-order chi connectivity index (χ0) is 16.1. The van der Waals surface area contributed by atoms with Crippen LogP contribution in [0.3, 0.4) is 0 Å². The average molecular weight is 327 g/mol. The number of carbonyl (C=O) groups excluding carboxylic acids is 1. The molecule has 1 amide bonds. The number of hydrogen-bond acceptors (Lipinski definition) is 2. The largest absolute Gasteiger partial charge is 0.349 e. The summed E-state index contributed by atoms with van der Waals surface area (Å²) in [7, 11) is 0. The zero-order valence-corrected chi connectivity index (χ0v) is 13.9. The number of carbonyl (C=O) groups is 1. The summed E-state index contributed by atoms with van der Waals surface area (Å²) in [6.07, 6.45) is 2.79. The summed E-state index contributed by atoms with van der Waals surface area (Å²) >= 11 is 6.04. The number of halogens is 2. The second kappa shape index (κ2) is 7.93. The van der Waals surface area contributed by atoms with Crippen LogP contribution in [0.4, 0.5) is 4.39 Å². The van der Waals surface area contributed by atoms with Crippen LogP contribution in [0.25, 0.3) is 0 Å². The molecular weight excluding hydrogens is 303 g/mol. The van der Waals surface area contributed by atoms with Crippen LogP contribution in [0, 0.1) is 17.7 Å². The van der Waals surface area contributed by atoms with Crippen LogP contribution < -0.4 is 10.6 Å². The van der Waals surface area contributed by atoms with Gasteiger partial charge in [-0.3, -0.25) is 4.79 Å². The SMILES string of the molecule is CC(NC(=O)CC(C)C1CCCNC1)c1c(F)cccc1Cl. The fourth-order valence-corrected chi connectivity index (χ4v) is 3.45. The second-order valence-corrected chi connectivity index (χ2v) is 6.62. The van der Waals surface area contributed by atoms with Crippen LogP contribution in [0.5, 0.6) is 0 Å². The highest BCUT2D eigenvalue weighted by molar-refractivity contribution is 6.31. The molecule has 2 rings (SSSR count). The van der Waals surface area contributed by atoms with Gasteiger partial charge in [0.1, 0.15) is 5.82 Å². The van der Waals surface area contributed by atoms with Gasteiger partial charge in [0.2, 0.25) is 5.91 Å². The van der Waals surface area contributed by atoms with Gasteiger partial charge >= 0.3 is 0 Å². The third-order valence-electron chi connectivity index (χ3n) is 4.46. The lowest BCUT2D eigenvalue weighted by Crippen LogP contribution is -2.36. The van der Waals surface area contributed by atoms with Gasteiger partial charge in [-0.2, -0.15) is 0 Å². The van der Waals surface area contributed by atoms with E-state index < -0.39 is 6.04 Å². The minimum atomic E-state index is -0.433. The van der Waals surface area contributed by atoms with Crippen molar-refractivity contribution in [1.82, 2.24) is 10.6 Å². The average Bonchev–Trinajstić information content (AvgIpc) is 2.47. The van der Waals surface area contributed by atoms with Crippen LogP contribution in [0.15, 0.2) is 18.2 Å². The van der Waals surface area contributed by atoms with E-state index in [0.29, 0.717) is 28.8 Å². The van der Waals surface area contributed by atoms with Crippen molar-refractivity contribution in [3.05, 3.63) is 34.6 Å². The van der Waals surface area contributed by atoms with Gasteiger partial charge in [0.15, 0.2) is 0 Å². The summed E-state index contributed by atoms with van der Waals surface area (Å²) in [6.45, 7) is 5.91. The molecule has 2 N–H and O–H groups in total. The van der Waals surface area contributed by atoms with E-state index in [9.17, 15) is 9.18 Å². The quantitative estimate of drug-likeness (QED) is 0.866. The number of nitrogens with one attached hydrogen (secondary N) is 2. The first-order valence-electron chi connectivity index (χ1n) is 7.93. The van der Waals surface area contributed by atoms with Gasteiger partial charge < -0.3 is 10.6 Å². The molecule has 22 heavy (non-hydrogen) atoms. The van der Waals surface area contributed by atoms with Crippen LogP contribution in [-0.4, -0.2) is 19.0 Å². The molecule has 5 heteroatoms. The van der Waals surface area contributed by atoms with Gasteiger partial charge in [-0.25, -0.2) is 4.39 Å². The Morgan fingerprint density at radius 2 is 2.27 bits per heavy atom. The summed E-state index contributed by atoms with van der Waals surface area (Å²) in [5, 5.41) is 6.58. The molecule has 0 spiro atoms. The van der Waals surface area contributed by atoms with Crippen LogP contribution in [0.1, 0.15) is 44.7 Å². The molecule has 0 bridgehead atoms. The first-order valence-corrected chi connectivity index (χ1v) is 8.30. The summed E-state index contributed by atoms with van der Waals surface area (Å²) in [4.78, 5) is 12.2. The molecule has 1 aliphatic rings. The molecular formula is C17H24ClFN2O. The molecule has 122 valence electrons. The van der Waals surface area contributed by atoms with Gasteiger partial charge in [-0.15, -0.1) is 0 Å². The lowest BCUT2D eigenvalue weighted by atomic mass is 9.85. The smallest absolute Gasteiger partial charge is 0.220 e. The summed E-state index contributed by atoms with van der Waals surface area (Å²) in [6, 6.07) is 4.13. The van der Waals surface area contributed by atoms with Crippen molar-refractivity contribution in [2.75, 3.05) is 13.1 Å². The highest BCUT2D eigenvalue weighted by Gasteiger charge is 2.23. The minimum Gasteiger partial charge on any atom is -0.349 e. The van der Waals surface area contributed by atoms with E-state index >= 15 is 0 Å². The fraction of sp³-hybridized carbons (Fsp3) is 0.588. The van der Waals surface area contributed by atoms with E-state index in [1.54, 1.807) is 19.1 Å². The van der Waals surface area contributed by atoms with Crippen molar-refractivity contribution in [1.29, 1.82) is 0 Å². The molecule has 1 aliphatic heterocycles. The van der Waals surface area contributed by atoms with E-state index in [1.165, 1.54) is 6.07 Å². The van der Waals surface area contributed by atoms with E-state index in [-0.39, 0.29) is 11.7 Å². The van der Waals surface area contributed by atoms with E-state index in [2.05, 4.69) is 17.6 Å². The molecule has 3 atom stereocenters. The second-order valence-electron chi connectivity index (χ2n) is 6.21. The molecule has 1 aromatic carbocycles. The van der Waals surface area contributed by atoms with Crippen molar-refractivity contribution in [3.63, 3.8) is 0 Å². The Bertz CT molecular complexity index is 497. The number of benzene rings is 1. The Balaban J connectivity index is 1.91. The topological polar surface area (TPSA) is 41.1 Å². The van der Waals surface area contributed by atoms with Crippen molar-refractivity contribution in [2.45, 2.75) is 39.2 Å². The van der Waals surface area contributed by atoms with Crippen LogP contribution in [0.2, 0.25) is 5.02 Å². The zero-order valence-electron chi connectivity index (χ0n) is 13.2. The number of amides is 1. The van der Waals surface area contributed by atoms with Crippen LogP contribution >= 0.6 is 11.6 Å². The number of rotatable bonds is 5. The predicted molar refractivity (Wildman–Crippen MR) is 87.3 cm³/mol. The molecule has 0 saturated carbocycles. The van der Waals surface area contributed by atoms with Gasteiger partial charge in [-0.1, -0.05) is 24.6 Å². The Morgan fingerprint density at radius 1 is 1.50 bits per heavy atom. The van der Waals surface area contributed by atoms with Crippen molar-refractivity contribution in [3.8, 4) is 0 Å². The Labute approximate surface area is 136 Å². The molecule has 1 fully saturated rings. The molecule has 3 unspecified atom stereocenters. The minimum absolute atomic E-state index is 0.0510. The Morgan fingerprint density at radius 3 is 2.91 bits per heavy atom. The van der Waals surface area contributed by atoms with Gasteiger partial charge in [0.25, 0.3) is 0 Å². The van der Waals surface area contributed by atoms with E-state index in [4.69, 9.17) is 11.6 Å². The monoisotopic (exact) mass is 326 g/mol. The standard InChI is InChI=1S/C17H24ClFN2O/c1-11(13-5-4-8-20-10-13)9-16(22)21-12(2)17-14(18)6-3-7-15(17)19/h3,6-7,11-13,20H,4-5,8-10H2,1-2H3,(H,21,22).